The zero-order valence-electron chi connectivity index (χ0n) is 8.57. The van der Waals surface area contributed by atoms with Crippen LogP contribution in [0.5, 0.6) is 0 Å². The summed E-state index contributed by atoms with van der Waals surface area (Å²) in [5.41, 5.74) is 6.24. The van der Waals surface area contributed by atoms with Gasteiger partial charge in [0.25, 0.3) is 0 Å². The van der Waals surface area contributed by atoms with E-state index in [1.54, 1.807) is 12.4 Å². The Balaban J connectivity index is 2.15. The molecule has 4 heteroatoms. The van der Waals surface area contributed by atoms with E-state index in [1.165, 1.54) is 12.8 Å². The maximum absolute atomic E-state index is 5.42. The molecular formula is C10H17N3O. The van der Waals surface area contributed by atoms with Gasteiger partial charge in [-0.3, -0.25) is 4.98 Å². The van der Waals surface area contributed by atoms with Crippen LogP contribution in [0.2, 0.25) is 0 Å². The molecule has 1 aromatic heterocycles. The fraction of sp³-hybridized carbons (Fsp3) is 0.600. The van der Waals surface area contributed by atoms with Gasteiger partial charge < -0.3 is 10.5 Å². The highest BCUT2D eigenvalue weighted by molar-refractivity contribution is 5.22. The van der Waals surface area contributed by atoms with Crippen molar-refractivity contribution in [2.45, 2.75) is 32.8 Å². The van der Waals surface area contributed by atoms with Gasteiger partial charge in [-0.15, -0.1) is 0 Å². The molecule has 1 aromatic rings. The van der Waals surface area contributed by atoms with Gasteiger partial charge in [-0.05, 0) is 6.42 Å². The number of ether oxygens (including phenoxy) is 1. The number of hydrogen-bond donors (Lipinski definition) is 1. The monoisotopic (exact) mass is 195 g/mol. The molecule has 1 heterocycles. The lowest BCUT2D eigenvalue weighted by Crippen LogP contribution is -2.00. The second-order valence-electron chi connectivity index (χ2n) is 3.19. The number of hydrogen-bond acceptors (Lipinski definition) is 4. The first-order valence-corrected chi connectivity index (χ1v) is 4.97. The molecule has 0 amide bonds. The maximum Gasteiger partial charge on any atom is 0.141 e. The van der Waals surface area contributed by atoms with Crippen LogP contribution < -0.4 is 5.73 Å². The van der Waals surface area contributed by atoms with Gasteiger partial charge in [-0.25, -0.2) is 4.98 Å². The van der Waals surface area contributed by atoms with E-state index in [9.17, 15) is 0 Å². The number of nitrogens with two attached hydrogens (primary N) is 1. The van der Waals surface area contributed by atoms with Crippen molar-refractivity contribution in [3.63, 3.8) is 0 Å². The molecule has 0 unspecified atom stereocenters. The Bertz CT molecular complexity index is 248. The van der Waals surface area contributed by atoms with Crippen LogP contribution in [0.4, 0.5) is 5.82 Å². The first-order valence-electron chi connectivity index (χ1n) is 4.97. The molecule has 14 heavy (non-hydrogen) atoms. The molecule has 0 aliphatic rings. The SMILES string of the molecule is CCCCCOCc1cnc(N)cn1. The third-order valence-electron chi connectivity index (χ3n) is 1.87. The molecule has 0 saturated carbocycles. The molecule has 0 aliphatic carbocycles. The Morgan fingerprint density at radius 3 is 2.79 bits per heavy atom. The number of unbranched alkanes of at least 4 members (excludes halogenated alkanes) is 2. The van der Waals surface area contributed by atoms with Gasteiger partial charge in [0.2, 0.25) is 0 Å². The van der Waals surface area contributed by atoms with E-state index < -0.39 is 0 Å². The zero-order chi connectivity index (χ0) is 10.2. The fourth-order valence-corrected chi connectivity index (χ4v) is 1.07. The molecule has 0 atom stereocenters. The topological polar surface area (TPSA) is 61.0 Å². The minimum Gasteiger partial charge on any atom is -0.382 e. The van der Waals surface area contributed by atoms with Crippen molar-refractivity contribution in [1.82, 2.24) is 9.97 Å². The lowest BCUT2D eigenvalue weighted by Gasteiger charge is -2.02. The summed E-state index contributed by atoms with van der Waals surface area (Å²) in [6.45, 7) is 3.49. The van der Waals surface area contributed by atoms with E-state index in [1.807, 2.05) is 0 Å². The molecule has 0 bridgehead atoms. The molecule has 0 saturated heterocycles. The van der Waals surface area contributed by atoms with E-state index in [0.29, 0.717) is 12.4 Å². The Hall–Kier alpha value is -1.16. The smallest absolute Gasteiger partial charge is 0.141 e. The average molecular weight is 195 g/mol. The van der Waals surface area contributed by atoms with Gasteiger partial charge in [0, 0.05) is 6.61 Å². The largest absolute Gasteiger partial charge is 0.382 e. The van der Waals surface area contributed by atoms with Crippen LogP contribution in [0, 0.1) is 0 Å². The quantitative estimate of drug-likeness (QED) is 0.703. The minimum atomic E-state index is 0.444. The van der Waals surface area contributed by atoms with Crippen LogP contribution in [-0.4, -0.2) is 16.6 Å². The second kappa shape index (κ2) is 6.32. The van der Waals surface area contributed by atoms with Crippen LogP contribution in [0.1, 0.15) is 31.9 Å². The number of anilines is 1. The molecule has 0 spiro atoms. The van der Waals surface area contributed by atoms with E-state index in [-0.39, 0.29) is 0 Å². The zero-order valence-corrected chi connectivity index (χ0v) is 8.57. The van der Waals surface area contributed by atoms with Gasteiger partial charge in [-0.1, -0.05) is 19.8 Å². The lowest BCUT2D eigenvalue weighted by molar-refractivity contribution is 0.114. The highest BCUT2D eigenvalue weighted by Gasteiger charge is 1.95. The van der Waals surface area contributed by atoms with Crippen molar-refractivity contribution in [1.29, 1.82) is 0 Å². The summed E-state index contributed by atoms with van der Waals surface area (Å²) < 4.78 is 5.42. The van der Waals surface area contributed by atoms with Crippen molar-refractivity contribution in [2.24, 2.45) is 0 Å². The number of nitrogens with zero attached hydrogens (tertiary/aromatic N) is 2. The Labute approximate surface area is 84.5 Å². The third kappa shape index (κ3) is 4.18. The number of aromatic nitrogens is 2. The highest BCUT2D eigenvalue weighted by Crippen LogP contribution is 2.00. The van der Waals surface area contributed by atoms with Crippen LogP contribution >= 0.6 is 0 Å². The summed E-state index contributed by atoms with van der Waals surface area (Å²) in [5, 5.41) is 0. The van der Waals surface area contributed by atoms with Crippen molar-refractivity contribution in [2.75, 3.05) is 12.3 Å². The van der Waals surface area contributed by atoms with Gasteiger partial charge >= 0.3 is 0 Å². The molecule has 1 rings (SSSR count). The number of nitrogen functional groups attached to an aromatic ring is 1. The predicted octanol–water partition coefficient (Wildman–Crippen LogP) is 1.77. The minimum absolute atomic E-state index is 0.444. The first kappa shape index (κ1) is 10.9. The van der Waals surface area contributed by atoms with Crippen molar-refractivity contribution in [3.8, 4) is 0 Å². The summed E-state index contributed by atoms with van der Waals surface area (Å²) >= 11 is 0. The van der Waals surface area contributed by atoms with E-state index in [4.69, 9.17) is 10.5 Å². The summed E-state index contributed by atoms with van der Waals surface area (Å²) in [5.74, 6) is 0.444. The summed E-state index contributed by atoms with van der Waals surface area (Å²) in [4.78, 5) is 8.01. The normalized spacial score (nSPS) is 10.4. The molecular weight excluding hydrogens is 178 g/mol. The Morgan fingerprint density at radius 1 is 1.29 bits per heavy atom. The van der Waals surface area contributed by atoms with E-state index >= 15 is 0 Å². The molecule has 4 nitrogen and oxygen atoms in total. The first-order chi connectivity index (χ1) is 6.83. The average Bonchev–Trinajstić information content (AvgIpc) is 2.21. The van der Waals surface area contributed by atoms with Gasteiger partial charge in [0.1, 0.15) is 5.82 Å². The van der Waals surface area contributed by atoms with E-state index in [0.717, 1.165) is 18.7 Å². The third-order valence-corrected chi connectivity index (χ3v) is 1.87. The van der Waals surface area contributed by atoms with Crippen LogP contribution in [-0.2, 0) is 11.3 Å². The van der Waals surface area contributed by atoms with Crippen LogP contribution in [0.15, 0.2) is 12.4 Å². The van der Waals surface area contributed by atoms with Crippen LogP contribution in [0.3, 0.4) is 0 Å². The molecule has 78 valence electrons. The maximum atomic E-state index is 5.42. The van der Waals surface area contributed by atoms with Crippen molar-refractivity contribution >= 4 is 5.82 Å². The summed E-state index contributed by atoms with van der Waals surface area (Å²) in [7, 11) is 0. The van der Waals surface area contributed by atoms with Gasteiger partial charge in [0.15, 0.2) is 0 Å². The standard InChI is InChI=1S/C10H17N3O/c1-2-3-4-5-14-8-9-6-13-10(11)7-12-9/h6-7H,2-5,8H2,1H3,(H2,11,13). The molecule has 2 N–H and O–H groups in total. The van der Waals surface area contributed by atoms with Gasteiger partial charge in [0.05, 0.1) is 24.7 Å². The van der Waals surface area contributed by atoms with Crippen molar-refractivity contribution < 1.29 is 4.74 Å². The van der Waals surface area contributed by atoms with Gasteiger partial charge in [-0.2, -0.15) is 0 Å². The van der Waals surface area contributed by atoms with E-state index in [2.05, 4.69) is 16.9 Å². The van der Waals surface area contributed by atoms with Crippen molar-refractivity contribution in [3.05, 3.63) is 18.1 Å². The lowest BCUT2D eigenvalue weighted by atomic mass is 10.3. The molecule has 0 fully saturated rings. The summed E-state index contributed by atoms with van der Waals surface area (Å²) in [6, 6.07) is 0. The highest BCUT2D eigenvalue weighted by atomic mass is 16.5. The Morgan fingerprint density at radius 2 is 2.14 bits per heavy atom. The second-order valence-corrected chi connectivity index (χ2v) is 3.19. The number of rotatable bonds is 6. The molecule has 0 aromatic carbocycles. The van der Waals surface area contributed by atoms with Crippen LogP contribution in [0.25, 0.3) is 0 Å². The Kier molecular flexibility index (Phi) is 4.93. The predicted molar refractivity (Wildman–Crippen MR) is 55.6 cm³/mol. The fourth-order valence-electron chi connectivity index (χ4n) is 1.07. The summed E-state index contributed by atoms with van der Waals surface area (Å²) in [6.07, 6.45) is 6.73. The molecule has 0 aliphatic heterocycles. The molecule has 0 radical (unpaired) electrons.